The Kier molecular flexibility index (Phi) is 9.80. The van der Waals surface area contributed by atoms with Crippen LogP contribution in [0, 0.1) is 23.1 Å². The minimum Gasteiger partial charge on any atom is -0.493 e. The average molecular weight is 591 g/mol. The first-order chi connectivity index (χ1) is 20.8. The van der Waals surface area contributed by atoms with Crippen molar-refractivity contribution in [1.29, 1.82) is 5.26 Å². The maximum atomic E-state index is 14.1. The number of nitrogens with zero attached hydrogens (tertiary/aromatic N) is 3. The number of rotatable bonds is 5. The first kappa shape index (κ1) is 30.3. The van der Waals surface area contributed by atoms with Gasteiger partial charge in [0.1, 0.15) is 5.82 Å². The molecule has 0 radical (unpaired) electrons. The summed E-state index contributed by atoms with van der Waals surface area (Å²) in [4.78, 5) is 43.4. The first-order valence-electron chi connectivity index (χ1n) is 15.2. The molecule has 2 fully saturated rings. The Morgan fingerprint density at radius 1 is 1.09 bits per heavy atom. The van der Waals surface area contributed by atoms with Crippen molar-refractivity contribution < 1.29 is 28.2 Å². The topological polar surface area (TPSA) is 112 Å². The number of nitriles is 1. The summed E-state index contributed by atoms with van der Waals surface area (Å²) in [7, 11) is 1.57. The molecule has 2 aromatic rings. The number of hydrogen-bond donors (Lipinski definition) is 1. The second kappa shape index (κ2) is 13.9. The number of amides is 3. The van der Waals surface area contributed by atoms with Crippen LogP contribution in [-0.2, 0) is 9.59 Å². The number of benzene rings is 2. The van der Waals surface area contributed by atoms with E-state index in [1.54, 1.807) is 7.11 Å². The van der Waals surface area contributed by atoms with Crippen LogP contribution in [0.3, 0.4) is 0 Å². The molecule has 2 bridgehead atoms. The Morgan fingerprint density at radius 2 is 1.91 bits per heavy atom. The van der Waals surface area contributed by atoms with E-state index < -0.39 is 11.7 Å². The molecule has 3 amide bonds. The highest BCUT2D eigenvalue weighted by molar-refractivity contribution is 5.97. The Balaban J connectivity index is 1.37. The Bertz CT molecular complexity index is 1390. The smallest absolute Gasteiger partial charge is 0.254 e. The van der Waals surface area contributed by atoms with Crippen molar-refractivity contribution in [3.63, 3.8) is 0 Å². The molecule has 0 spiro atoms. The van der Waals surface area contributed by atoms with Gasteiger partial charge < -0.3 is 24.6 Å². The van der Waals surface area contributed by atoms with E-state index in [9.17, 15) is 24.0 Å². The van der Waals surface area contributed by atoms with Gasteiger partial charge in [-0.15, -0.1) is 0 Å². The molecular weight excluding hydrogens is 551 g/mol. The van der Waals surface area contributed by atoms with Crippen molar-refractivity contribution in [3.8, 4) is 17.6 Å². The lowest BCUT2D eigenvalue weighted by atomic mass is 9.86. The van der Waals surface area contributed by atoms with Crippen LogP contribution in [0.1, 0.15) is 78.8 Å². The number of ether oxygens (including phenoxy) is 2. The molecule has 1 saturated heterocycles. The number of methoxy groups -OCH3 is 1. The molecule has 5 rings (SSSR count). The van der Waals surface area contributed by atoms with E-state index in [1.807, 2.05) is 29.2 Å². The van der Waals surface area contributed by atoms with Crippen LogP contribution in [0.25, 0.3) is 0 Å². The summed E-state index contributed by atoms with van der Waals surface area (Å²) in [5, 5.41) is 12.3. The van der Waals surface area contributed by atoms with Crippen LogP contribution >= 0.6 is 0 Å². The lowest BCUT2D eigenvalue weighted by Gasteiger charge is -2.25. The fraction of sp³-hybridized carbons (Fsp3) is 0.515. The average Bonchev–Trinajstić information content (AvgIpc) is 3.44. The highest BCUT2D eigenvalue weighted by Gasteiger charge is 2.38. The number of hydrogen-bond acceptors (Lipinski definition) is 6. The van der Waals surface area contributed by atoms with E-state index >= 15 is 0 Å². The predicted molar refractivity (Wildman–Crippen MR) is 157 cm³/mol. The van der Waals surface area contributed by atoms with E-state index in [4.69, 9.17) is 9.47 Å². The second-order valence-corrected chi connectivity index (χ2v) is 11.8. The summed E-state index contributed by atoms with van der Waals surface area (Å²) in [6.45, 7) is 0.996. The summed E-state index contributed by atoms with van der Waals surface area (Å²) < 4.78 is 25.7. The molecule has 228 valence electrons. The highest BCUT2D eigenvalue weighted by atomic mass is 19.1. The molecule has 0 aromatic heterocycles. The summed E-state index contributed by atoms with van der Waals surface area (Å²) >= 11 is 0. The third-order valence-corrected chi connectivity index (χ3v) is 8.85. The van der Waals surface area contributed by atoms with Gasteiger partial charge in [-0.1, -0.05) is 38.2 Å². The highest BCUT2D eigenvalue weighted by Crippen LogP contribution is 2.36. The van der Waals surface area contributed by atoms with Gasteiger partial charge in [-0.3, -0.25) is 14.4 Å². The fourth-order valence-electron chi connectivity index (χ4n) is 6.57. The third-order valence-electron chi connectivity index (χ3n) is 8.85. The predicted octanol–water partition coefficient (Wildman–Crippen LogP) is 4.40. The van der Waals surface area contributed by atoms with Gasteiger partial charge in [-0.25, -0.2) is 4.39 Å². The van der Waals surface area contributed by atoms with Crippen molar-refractivity contribution in [2.24, 2.45) is 5.92 Å². The van der Waals surface area contributed by atoms with Crippen LogP contribution in [0.2, 0.25) is 0 Å². The molecule has 9 nitrogen and oxygen atoms in total. The van der Waals surface area contributed by atoms with Gasteiger partial charge in [0.05, 0.1) is 37.9 Å². The number of carbonyl (C=O) groups is 3. The molecule has 2 aliphatic heterocycles. The van der Waals surface area contributed by atoms with E-state index in [0.717, 1.165) is 24.1 Å². The molecule has 2 aromatic carbocycles. The van der Waals surface area contributed by atoms with E-state index in [2.05, 4.69) is 5.32 Å². The van der Waals surface area contributed by atoms with Crippen molar-refractivity contribution in [3.05, 3.63) is 58.9 Å². The molecule has 3 aliphatic rings. The zero-order chi connectivity index (χ0) is 30.3. The molecule has 1 aliphatic carbocycles. The van der Waals surface area contributed by atoms with Gasteiger partial charge in [0.2, 0.25) is 11.8 Å². The van der Waals surface area contributed by atoms with Gasteiger partial charge in [0.15, 0.2) is 11.5 Å². The van der Waals surface area contributed by atoms with E-state index in [1.165, 1.54) is 43.1 Å². The zero-order valence-corrected chi connectivity index (χ0v) is 24.6. The summed E-state index contributed by atoms with van der Waals surface area (Å²) in [6.07, 6.45) is 7.91. The normalized spacial score (nSPS) is 21.3. The van der Waals surface area contributed by atoms with Gasteiger partial charge in [0.25, 0.3) is 5.91 Å². The van der Waals surface area contributed by atoms with Gasteiger partial charge in [-0.05, 0) is 54.7 Å². The minimum atomic E-state index is -0.700. The maximum absolute atomic E-state index is 14.1. The van der Waals surface area contributed by atoms with Gasteiger partial charge in [0, 0.05) is 37.5 Å². The molecule has 43 heavy (non-hydrogen) atoms. The van der Waals surface area contributed by atoms with Crippen LogP contribution in [0.4, 0.5) is 4.39 Å². The SMILES string of the molecule is COc1ccc2cc1OCCCN(C(=O)c1cc(F)cc(C#N)c1)CC(=O)N[C@H]1CN(C(=O)CCC3CCCCC3)C[C@H]21. The van der Waals surface area contributed by atoms with Gasteiger partial charge >= 0.3 is 0 Å². The lowest BCUT2D eigenvalue weighted by molar-refractivity contribution is -0.131. The number of halogens is 1. The van der Waals surface area contributed by atoms with Crippen molar-refractivity contribution in [1.82, 2.24) is 15.1 Å². The van der Waals surface area contributed by atoms with Crippen LogP contribution in [-0.4, -0.2) is 73.5 Å². The maximum Gasteiger partial charge on any atom is 0.254 e. The molecule has 0 unspecified atom stereocenters. The largest absolute Gasteiger partial charge is 0.493 e. The van der Waals surface area contributed by atoms with Crippen molar-refractivity contribution in [2.45, 2.75) is 63.3 Å². The van der Waals surface area contributed by atoms with E-state index in [-0.39, 0.29) is 54.6 Å². The Hall–Kier alpha value is -4.13. The van der Waals surface area contributed by atoms with E-state index in [0.29, 0.717) is 43.3 Å². The van der Waals surface area contributed by atoms with Crippen LogP contribution in [0.15, 0.2) is 36.4 Å². The number of likely N-dealkylation sites (tertiary alicyclic amines) is 1. The monoisotopic (exact) mass is 590 g/mol. The standard InChI is InChI=1S/C33H39FN4O5/c1-42-29-10-9-24-17-30(29)43-13-5-12-37(33(41)25-14-23(18-35)15-26(34)16-25)21-31(39)36-28-20-38(19-27(24)28)32(40)11-8-22-6-3-2-4-7-22/h9-10,14-17,22,27-28H,2-8,11-13,19-21H2,1H3,(H,36,39)/t27-,28+/m1/s1. The quantitative estimate of drug-likeness (QED) is 0.553. The summed E-state index contributed by atoms with van der Waals surface area (Å²) in [5.41, 5.74) is 0.950. The number of nitrogens with one attached hydrogen (secondary N) is 1. The third kappa shape index (κ3) is 7.45. The van der Waals surface area contributed by atoms with Crippen LogP contribution < -0.4 is 14.8 Å². The second-order valence-electron chi connectivity index (χ2n) is 11.8. The summed E-state index contributed by atoms with van der Waals surface area (Å²) in [6, 6.07) is 10.6. The summed E-state index contributed by atoms with van der Waals surface area (Å²) in [5.74, 6) is 0.00485. The Labute approximate surface area is 251 Å². The molecule has 1 N–H and O–H groups in total. The lowest BCUT2D eigenvalue weighted by Crippen LogP contribution is -2.47. The van der Waals surface area contributed by atoms with Gasteiger partial charge in [-0.2, -0.15) is 5.26 Å². The number of carbonyl (C=O) groups excluding carboxylic acids is 3. The number of fused-ring (bicyclic) bond motifs is 4. The zero-order valence-electron chi connectivity index (χ0n) is 24.6. The molecule has 2 heterocycles. The van der Waals surface area contributed by atoms with Crippen molar-refractivity contribution in [2.75, 3.05) is 39.9 Å². The molecular formula is C33H39FN4O5. The molecule has 1 saturated carbocycles. The van der Waals surface area contributed by atoms with Crippen molar-refractivity contribution >= 4 is 17.7 Å². The molecule has 2 atom stereocenters. The fourth-order valence-corrected chi connectivity index (χ4v) is 6.57. The van der Waals surface area contributed by atoms with Crippen LogP contribution in [0.5, 0.6) is 11.5 Å². The Morgan fingerprint density at radius 3 is 2.67 bits per heavy atom. The minimum absolute atomic E-state index is 0.00334. The molecule has 10 heteroatoms. The first-order valence-corrected chi connectivity index (χ1v) is 15.2.